The summed E-state index contributed by atoms with van der Waals surface area (Å²) in [6.45, 7) is 2.03. The Balaban J connectivity index is 2.07. The Morgan fingerprint density at radius 2 is 1.89 bits per heavy atom. The molecule has 2 aliphatic rings. The number of allylic oxidation sites excluding steroid dienone is 2. The molecule has 2 aromatic rings. The van der Waals surface area contributed by atoms with Gasteiger partial charge < -0.3 is 10.5 Å². The minimum Gasteiger partial charge on any atom is -0.439 e. The van der Waals surface area contributed by atoms with Crippen molar-refractivity contribution in [2.24, 2.45) is 5.73 Å². The predicted molar refractivity (Wildman–Crippen MR) is 110 cm³/mol. The van der Waals surface area contributed by atoms with Crippen LogP contribution in [0.2, 0.25) is 0 Å². The normalized spacial score (nSPS) is 20.2. The first-order chi connectivity index (χ1) is 13.4. The molecule has 1 atom stereocenters. The van der Waals surface area contributed by atoms with Gasteiger partial charge in [0.15, 0.2) is 5.76 Å². The summed E-state index contributed by atoms with van der Waals surface area (Å²) in [5, 5.41) is 9.72. The van der Waals surface area contributed by atoms with Crippen LogP contribution >= 0.6 is 15.9 Å². The van der Waals surface area contributed by atoms with Gasteiger partial charge in [-0.3, -0.25) is 4.31 Å². The molecule has 142 valence electrons. The maximum absolute atomic E-state index is 13.6. The largest absolute Gasteiger partial charge is 0.439 e. The summed E-state index contributed by atoms with van der Waals surface area (Å²) in [7, 11) is -3.93. The smallest absolute Gasteiger partial charge is 0.265 e. The van der Waals surface area contributed by atoms with Crippen LogP contribution in [0.3, 0.4) is 0 Å². The number of hydrogen-bond acceptors (Lipinski definition) is 5. The van der Waals surface area contributed by atoms with Crippen molar-refractivity contribution in [3.05, 3.63) is 80.5 Å². The van der Waals surface area contributed by atoms with Crippen molar-refractivity contribution in [2.75, 3.05) is 10.8 Å². The van der Waals surface area contributed by atoms with Gasteiger partial charge in [0.05, 0.1) is 11.6 Å². The number of fused-ring (bicyclic) bond motifs is 2. The molecule has 0 amide bonds. The molecule has 28 heavy (non-hydrogen) atoms. The van der Waals surface area contributed by atoms with E-state index in [1.54, 1.807) is 49.4 Å². The number of nitrogens with two attached hydrogens (primary N) is 1. The Morgan fingerprint density at radius 3 is 2.54 bits per heavy atom. The Labute approximate surface area is 171 Å². The fourth-order valence-electron chi connectivity index (χ4n) is 3.64. The first-order valence-electron chi connectivity index (χ1n) is 8.59. The lowest BCUT2D eigenvalue weighted by Crippen LogP contribution is -2.39. The summed E-state index contributed by atoms with van der Waals surface area (Å²) in [4.78, 5) is 0.0427. The van der Waals surface area contributed by atoms with E-state index in [1.807, 2.05) is 12.1 Å². The topological polar surface area (TPSA) is 96.4 Å². The number of nitriles is 1. The maximum Gasteiger partial charge on any atom is 0.265 e. The molecule has 0 bridgehead atoms. The van der Waals surface area contributed by atoms with Gasteiger partial charge in [0.1, 0.15) is 16.5 Å². The van der Waals surface area contributed by atoms with E-state index in [0.29, 0.717) is 16.8 Å². The molecule has 0 aliphatic carbocycles. The molecule has 0 saturated heterocycles. The molecule has 0 spiro atoms. The summed E-state index contributed by atoms with van der Waals surface area (Å²) in [5.74, 6) is -0.733. The summed E-state index contributed by atoms with van der Waals surface area (Å²) in [5.41, 5.74) is 7.95. The molecule has 2 N–H and O–H groups in total. The zero-order valence-corrected chi connectivity index (χ0v) is 17.3. The number of halogens is 1. The molecule has 0 aromatic heterocycles. The van der Waals surface area contributed by atoms with Crippen LogP contribution in [0.1, 0.15) is 24.0 Å². The number of benzene rings is 2. The lowest BCUT2D eigenvalue weighted by atomic mass is 9.88. The Bertz CT molecular complexity index is 1180. The third-order valence-corrected chi connectivity index (χ3v) is 7.39. The zero-order valence-electron chi connectivity index (χ0n) is 14.9. The van der Waals surface area contributed by atoms with Crippen LogP contribution in [0.4, 0.5) is 5.69 Å². The van der Waals surface area contributed by atoms with Gasteiger partial charge in [0.25, 0.3) is 10.0 Å². The Kier molecular flexibility index (Phi) is 4.44. The van der Waals surface area contributed by atoms with Crippen molar-refractivity contribution in [1.82, 2.24) is 0 Å². The number of rotatable bonds is 2. The number of para-hydroxylation sites is 1. The molecule has 8 heteroatoms. The van der Waals surface area contributed by atoms with Crippen LogP contribution in [-0.2, 0) is 14.8 Å². The zero-order chi connectivity index (χ0) is 20.1. The van der Waals surface area contributed by atoms with Crippen molar-refractivity contribution in [2.45, 2.75) is 12.8 Å². The number of hydrogen-bond donors (Lipinski definition) is 1. The van der Waals surface area contributed by atoms with E-state index < -0.39 is 15.9 Å². The highest BCUT2D eigenvalue weighted by Gasteiger charge is 2.46. The van der Waals surface area contributed by atoms with Crippen LogP contribution < -0.4 is 10.0 Å². The van der Waals surface area contributed by atoms with Gasteiger partial charge in [0, 0.05) is 16.6 Å². The van der Waals surface area contributed by atoms with Crippen molar-refractivity contribution in [3.8, 4) is 6.07 Å². The molecule has 1 unspecified atom stereocenters. The summed E-state index contributed by atoms with van der Waals surface area (Å²) in [6.07, 6.45) is 0. The van der Waals surface area contributed by atoms with Crippen LogP contribution in [0, 0.1) is 11.3 Å². The van der Waals surface area contributed by atoms with Crippen molar-refractivity contribution < 1.29 is 13.2 Å². The van der Waals surface area contributed by atoms with Crippen molar-refractivity contribution in [3.63, 3.8) is 0 Å². The third-order valence-electron chi connectivity index (χ3n) is 4.85. The van der Waals surface area contributed by atoms with E-state index in [1.165, 1.54) is 4.31 Å². The summed E-state index contributed by atoms with van der Waals surface area (Å²) in [6, 6.07) is 16.3. The fraction of sp³-hybridized carbons (Fsp3) is 0.150. The number of sulfonamides is 1. The van der Waals surface area contributed by atoms with Crippen LogP contribution in [0.5, 0.6) is 0 Å². The standard InChI is InChI=1S/C20H16BrN3O3S/c1-2-24-16-6-4-3-5-14(16)18-19(28(24,25)26)17(15(11-22)20(23)27-18)12-7-9-13(21)10-8-12/h3-10,17H,2,23H2,1H3. The maximum atomic E-state index is 13.6. The number of anilines is 1. The quantitative estimate of drug-likeness (QED) is 0.739. The first kappa shape index (κ1) is 18.6. The molecule has 0 fully saturated rings. The predicted octanol–water partition coefficient (Wildman–Crippen LogP) is 3.80. The summed E-state index contributed by atoms with van der Waals surface area (Å²) < 4.78 is 35.0. The number of ether oxygens (including phenoxy) is 1. The average molecular weight is 458 g/mol. The third kappa shape index (κ3) is 2.62. The van der Waals surface area contributed by atoms with E-state index in [2.05, 4.69) is 15.9 Å². The van der Waals surface area contributed by atoms with Crippen molar-refractivity contribution in [1.29, 1.82) is 5.26 Å². The lowest BCUT2D eigenvalue weighted by Gasteiger charge is -2.37. The van der Waals surface area contributed by atoms with Gasteiger partial charge in [0.2, 0.25) is 5.88 Å². The van der Waals surface area contributed by atoms with E-state index in [9.17, 15) is 13.7 Å². The second kappa shape index (κ2) is 6.69. The van der Waals surface area contributed by atoms with E-state index in [-0.39, 0.29) is 28.7 Å². The van der Waals surface area contributed by atoms with Crippen LogP contribution in [0.25, 0.3) is 5.76 Å². The van der Waals surface area contributed by atoms with Gasteiger partial charge in [-0.15, -0.1) is 0 Å². The lowest BCUT2D eigenvalue weighted by molar-refractivity contribution is 0.357. The highest BCUT2D eigenvalue weighted by atomic mass is 79.9. The molecular formula is C20H16BrN3O3S. The van der Waals surface area contributed by atoms with Crippen LogP contribution in [0.15, 0.2) is 69.4 Å². The summed E-state index contributed by atoms with van der Waals surface area (Å²) >= 11 is 3.38. The van der Waals surface area contributed by atoms with Crippen molar-refractivity contribution >= 4 is 37.4 Å². The van der Waals surface area contributed by atoms with E-state index >= 15 is 0 Å². The minimum atomic E-state index is -3.93. The van der Waals surface area contributed by atoms with Gasteiger partial charge in [-0.05, 0) is 36.8 Å². The SMILES string of the molecule is CCN1c2ccccc2C2=C(C(c3ccc(Br)cc3)C(C#N)=C(N)O2)S1(=O)=O. The van der Waals surface area contributed by atoms with E-state index in [4.69, 9.17) is 10.5 Å². The molecule has 0 saturated carbocycles. The second-order valence-corrected chi connectivity index (χ2v) is 9.10. The van der Waals surface area contributed by atoms with E-state index in [0.717, 1.165) is 4.47 Å². The fourth-order valence-corrected chi connectivity index (χ4v) is 5.84. The second-order valence-electron chi connectivity index (χ2n) is 6.36. The Morgan fingerprint density at radius 1 is 1.21 bits per heavy atom. The van der Waals surface area contributed by atoms with Gasteiger partial charge >= 0.3 is 0 Å². The van der Waals surface area contributed by atoms with Gasteiger partial charge in [-0.2, -0.15) is 5.26 Å². The molecule has 2 aliphatic heterocycles. The average Bonchev–Trinajstić information content (AvgIpc) is 2.68. The molecule has 2 heterocycles. The Hall–Kier alpha value is -2.76. The monoisotopic (exact) mass is 457 g/mol. The molecule has 4 rings (SSSR count). The molecular weight excluding hydrogens is 442 g/mol. The highest BCUT2D eigenvalue weighted by molar-refractivity contribution is 9.10. The molecule has 2 aromatic carbocycles. The van der Waals surface area contributed by atoms with Crippen LogP contribution in [-0.4, -0.2) is 15.0 Å². The van der Waals surface area contributed by atoms with Gasteiger partial charge in [-0.1, -0.05) is 40.2 Å². The molecule has 0 radical (unpaired) electrons. The first-order valence-corrected chi connectivity index (χ1v) is 10.8. The highest BCUT2D eigenvalue weighted by Crippen LogP contribution is 2.50. The number of nitrogens with zero attached hydrogens (tertiary/aromatic N) is 2. The molecule has 6 nitrogen and oxygen atoms in total. The van der Waals surface area contributed by atoms with Gasteiger partial charge in [-0.25, -0.2) is 8.42 Å². The minimum absolute atomic E-state index is 0.0427.